The molecular formula is C58H52IrN4O2Si-2. The standard InChI is InChI=1S/C43H36N3O2Si.C15H16N.Ir/c1-43(2,3)42-45-38-33-25-37-34(24-27(33)18-23-36(38)48-42)31-15-10-16-32(40(31)47-37)41-44-35-17-11-14-30(26-12-8-7-9-13-26)39(35)46(41)28-19-21-29(22-20-28)49(4,5)6;1-15(2,3)13-9-10-14(16-11-13)12-7-5-4-6-8-12;/h7-15,17-25H,1-6H3;4-7,9-11H,1-3H3;/q2*-1;. The second-order valence-electron chi connectivity index (χ2n) is 20.0. The van der Waals surface area contributed by atoms with Crippen LogP contribution in [0.1, 0.15) is 53.0 Å². The normalized spacial score (nSPS) is 12.2. The molecule has 4 heterocycles. The van der Waals surface area contributed by atoms with E-state index in [1.165, 1.54) is 10.8 Å². The van der Waals surface area contributed by atoms with E-state index in [0.717, 1.165) is 100 Å². The largest absolute Gasteiger partial charge is 0.501 e. The van der Waals surface area contributed by atoms with Gasteiger partial charge in [-0.2, -0.15) is 0 Å². The first kappa shape index (κ1) is 44.7. The third kappa shape index (κ3) is 8.34. The van der Waals surface area contributed by atoms with E-state index in [-0.39, 0.29) is 30.9 Å². The molecule has 0 aliphatic heterocycles. The number of hydrogen-bond acceptors (Lipinski definition) is 5. The van der Waals surface area contributed by atoms with Gasteiger partial charge in [0.05, 0.1) is 30.5 Å². The second kappa shape index (κ2) is 17.1. The van der Waals surface area contributed by atoms with Crippen LogP contribution in [0.5, 0.6) is 0 Å². The summed E-state index contributed by atoms with van der Waals surface area (Å²) in [5.74, 6) is 1.52. The molecule has 11 rings (SSSR count). The van der Waals surface area contributed by atoms with E-state index < -0.39 is 8.07 Å². The molecule has 8 heteroatoms. The van der Waals surface area contributed by atoms with Crippen LogP contribution in [0, 0.1) is 12.1 Å². The molecule has 0 aliphatic rings. The molecule has 0 saturated carbocycles. The molecule has 331 valence electrons. The van der Waals surface area contributed by atoms with Gasteiger partial charge in [-0.05, 0) is 64.0 Å². The maximum absolute atomic E-state index is 6.80. The number of para-hydroxylation sites is 1. The Hall–Kier alpha value is -6.44. The molecule has 0 bridgehead atoms. The maximum Gasteiger partial charge on any atom is 0.200 e. The minimum atomic E-state index is -1.49. The Bertz CT molecular complexity index is 3520. The molecule has 7 aromatic carbocycles. The number of aromatic nitrogens is 4. The zero-order valence-corrected chi connectivity index (χ0v) is 42.3. The minimum absolute atomic E-state index is 0. The van der Waals surface area contributed by atoms with E-state index in [1.54, 1.807) is 0 Å². The monoisotopic (exact) mass is 1060 g/mol. The Kier molecular flexibility index (Phi) is 11.6. The summed E-state index contributed by atoms with van der Waals surface area (Å²) in [4.78, 5) is 14.7. The van der Waals surface area contributed by atoms with E-state index in [1.807, 2.05) is 42.6 Å². The Morgan fingerprint density at radius 1 is 0.621 bits per heavy atom. The summed E-state index contributed by atoms with van der Waals surface area (Å²) in [6.07, 6.45) is 1.95. The molecule has 6 nitrogen and oxygen atoms in total. The zero-order chi connectivity index (χ0) is 45.3. The van der Waals surface area contributed by atoms with Gasteiger partial charge >= 0.3 is 0 Å². The van der Waals surface area contributed by atoms with Crippen LogP contribution in [0.15, 0.2) is 161 Å². The van der Waals surface area contributed by atoms with E-state index in [9.17, 15) is 0 Å². The first-order valence-corrected chi connectivity index (χ1v) is 25.8. The smallest absolute Gasteiger partial charge is 0.200 e. The molecule has 4 aromatic heterocycles. The Labute approximate surface area is 401 Å². The number of hydrogen-bond donors (Lipinski definition) is 0. The first-order chi connectivity index (χ1) is 31.1. The van der Waals surface area contributed by atoms with Gasteiger partial charge in [-0.15, -0.1) is 54.1 Å². The Morgan fingerprint density at radius 3 is 2.08 bits per heavy atom. The van der Waals surface area contributed by atoms with E-state index in [0.29, 0.717) is 0 Å². The second-order valence-corrected chi connectivity index (χ2v) is 25.1. The molecule has 11 aromatic rings. The number of oxazole rings is 1. The van der Waals surface area contributed by atoms with Crippen molar-refractivity contribution in [2.24, 2.45) is 0 Å². The minimum Gasteiger partial charge on any atom is -0.501 e. The maximum atomic E-state index is 6.80. The summed E-state index contributed by atoms with van der Waals surface area (Å²) < 4.78 is 15.3. The van der Waals surface area contributed by atoms with Crippen LogP contribution >= 0.6 is 0 Å². The molecule has 0 atom stereocenters. The molecule has 0 fully saturated rings. The summed E-state index contributed by atoms with van der Waals surface area (Å²) in [6.45, 7) is 20.1. The van der Waals surface area contributed by atoms with Gasteiger partial charge in [0.2, 0.25) is 5.89 Å². The van der Waals surface area contributed by atoms with Gasteiger partial charge in [0.15, 0.2) is 5.58 Å². The van der Waals surface area contributed by atoms with Crippen molar-refractivity contribution in [2.75, 3.05) is 0 Å². The topological polar surface area (TPSA) is 69.9 Å². The predicted molar refractivity (Wildman–Crippen MR) is 272 cm³/mol. The molecule has 0 unspecified atom stereocenters. The first-order valence-electron chi connectivity index (χ1n) is 22.3. The predicted octanol–water partition coefficient (Wildman–Crippen LogP) is 15.0. The number of benzene rings is 7. The van der Waals surface area contributed by atoms with Crippen LogP contribution in [0.2, 0.25) is 19.6 Å². The van der Waals surface area contributed by atoms with E-state index in [2.05, 4.69) is 192 Å². The van der Waals surface area contributed by atoms with Gasteiger partial charge in [0.25, 0.3) is 0 Å². The number of imidazole rings is 1. The van der Waals surface area contributed by atoms with Gasteiger partial charge in [-0.3, -0.25) is 4.98 Å². The average molecular weight is 1060 g/mol. The van der Waals surface area contributed by atoms with Crippen LogP contribution in [-0.4, -0.2) is 27.6 Å². The van der Waals surface area contributed by atoms with Crippen LogP contribution in [0.3, 0.4) is 0 Å². The molecule has 0 N–H and O–H groups in total. The number of fused-ring (bicyclic) bond motifs is 7. The molecule has 0 spiro atoms. The third-order valence-electron chi connectivity index (χ3n) is 12.2. The Morgan fingerprint density at radius 2 is 1.39 bits per heavy atom. The van der Waals surface area contributed by atoms with Gasteiger partial charge < -0.3 is 18.4 Å². The van der Waals surface area contributed by atoms with Crippen molar-refractivity contribution in [1.82, 2.24) is 19.5 Å². The van der Waals surface area contributed by atoms with Crippen molar-refractivity contribution in [3.05, 3.63) is 175 Å². The number of pyridine rings is 1. The van der Waals surface area contributed by atoms with Crippen LogP contribution in [-0.2, 0) is 30.9 Å². The van der Waals surface area contributed by atoms with Crippen LogP contribution < -0.4 is 5.19 Å². The summed E-state index contributed by atoms with van der Waals surface area (Å²) in [5, 5.41) is 5.59. The number of furan rings is 1. The summed E-state index contributed by atoms with van der Waals surface area (Å²) in [7, 11) is -1.49. The van der Waals surface area contributed by atoms with Crippen molar-refractivity contribution < 1.29 is 28.9 Å². The van der Waals surface area contributed by atoms with Crippen molar-refractivity contribution in [3.63, 3.8) is 0 Å². The molecule has 0 amide bonds. The fraction of sp³-hybridized carbons (Fsp3) is 0.190. The van der Waals surface area contributed by atoms with Crippen molar-refractivity contribution in [2.45, 2.75) is 72.0 Å². The van der Waals surface area contributed by atoms with Gasteiger partial charge in [-0.1, -0.05) is 150 Å². The Balaban J connectivity index is 0.000000273. The summed E-state index contributed by atoms with van der Waals surface area (Å²) in [6, 6.07) is 57.3. The van der Waals surface area contributed by atoms with Crippen molar-refractivity contribution >= 4 is 68.1 Å². The molecule has 1 radical (unpaired) electrons. The fourth-order valence-electron chi connectivity index (χ4n) is 8.49. The van der Waals surface area contributed by atoms with Gasteiger partial charge in [0.1, 0.15) is 11.1 Å². The number of nitrogens with zero attached hydrogens (tertiary/aromatic N) is 4. The average Bonchev–Trinajstić information content (AvgIpc) is 4.03. The van der Waals surface area contributed by atoms with Crippen molar-refractivity contribution in [3.8, 4) is 39.5 Å². The van der Waals surface area contributed by atoms with Crippen LogP contribution in [0.4, 0.5) is 0 Å². The molecule has 0 aliphatic carbocycles. The summed E-state index contributed by atoms with van der Waals surface area (Å²) in [5.41, 5.74) is 12.6. The zero-order valence-electron chi connectivity index (χ0n) is 38.9. The molecular weight excluding hydrogens is 1000 g/mol. The molecule has 66 heavy (non-hydrogen) atoms. The van der Waals surface area contributed by atoms with Crippen LogP contribution in [0.25, 0.3) is 94.3 Å². The van der Waals surface area contributed by atoms with Gasteiger partial charge in [0, 0.05) is 53.7 Å². The van der Waals surface area contributed by atoms with Gasteiger partial charge in [-0.25, -0.2) is 4.98 Å². The number of rotatable bonds is 5. The van der Waals surface area contributed by atoms with Crippen molar-refractivity contribution in [1.29, 1.82) is 0 Å². The molecule has 0 saturated heterocycles. The fourth-order valence-corrected chi connectivity index (χ4v) is 9.66. The third-order valence-corrected chi connectivity index (χ3v) is 14.2. The quantitative estimate of drug-likeness (QED) is 0.127. The van der Waals surface area contributed by atoms with E-state index in [4.69, 9.17) is 18.8 Å². The SMILES string of the molecule is CC(C)(C)c1ccc(-c2[c-]cccc2)nc1.CC(C)(C)c1nc2c(ccc3cc4c(cc32)oc2c(-c3nc5cccc(-c6ccccc6)c5n3-c3ccc([Si](C)(C)C)cc3)[c-]ccc24)o1.[Ir]. The van der Waals surface area contributed by atoms with E-state index >= 15 is 0 Å². The summed E-state index contributed by atoms with van der Waals surface area (Å²) >= 11 is 0.